The highest BCUT2D eigenvalue weighted by atomic mass is 35.5. The highest BCUT2D eigenvalue weighted by Crippen LogP contribution is 2.26. The van der Waals surface area contributed by atoms with E-state index in [-0.39, 0.29) is 5.91 Å². The number of amides is 1. The molecule has 1 N–H and O–H groups in total. The predicted octanol–water partition coefficient (Wildman–Crippen LogP) is 3.37. The van der Waals surface area contributed by atoms with Gasteiger partial charge in [0.05, 0.1) is 6.42 Å². The lowest BCUT2D eigenvalue weighted by atomic mass is 10.1. The Morgan fingerprint density at radius 1 is 1.18 bits per heavy atom. The Kier molecular flexibility index (Phi) is 5.22. The number of nitrogens with one attached hydrogen (secondary N) is 1. The van der Waals surface area contributed by atoms with Crippen LogP contribution < -0.4 is 4.90 Å². The Morgan fingerprint density at radius 2 is 1.93 bits per heavy atom. The first-order valence-corrected chi connectivity index (χ1v) is 10.1. The maximum Gasteiger partial charge on any atom is 0.227 e. The molecule has 0 aliphatic carbocycles. The molecule has 146 valence electrons. The van der Waals surface area contributed by atoms with Crippen LogP contribution in [-0.2, 0) is 17.6 Å². The standard InChI is InChI=1S/C21H24ClN5O/c1-3-16-20(22)24-14(2)25-21(16)27-10-8-26(9-11-27)19(28)12-15-13-23-18-7-5-4-6-17(15)18/h4-7,13,23H,3,8-12H2,1-2H3. The second-order valence-electron chi connectivity index (χ2n) is 7.12. The van der Waals surface area contributed by atoms with Crippen LogP contribution in [0, 0.1) is 6.92 Å². The zero-order valence-corrected chi connectivity index (χ0v) is 17.0. The van der Waals surface area contributed by atoms with Crippen LogP contribution in [0.25, 0.3) is 10.9 Å². The highest BCUT2D eigenvalue weighted by molar-refractivity contribution is 6.30. The highest BCUT2D eigenvalue weighted by Gasteiger charge is 2.25. The van der Waals surface area contributed by atoms with E-state index in [4.69, 9.17) is 11.6 Å². The summed E-state index contributed by atoms with van der Waals surface area (Å²) in [5.41, 5.74) is 3.10. The summed E-state index contributed by atoms with van der Waals surface area (Å²) in [4.78, 5) is 29.1. The molecule has 0 atom stereocenters. The zero-order valence-electron chi connectivity index (χ0n) is 16.2. The SMILES string of the molecule is CCc1c(Cl)nc(C)nc1N1CCN(C(=O)Cc2c[nH]c3ccccc23)CC1. The van der Waals surface area contributed by atoms with Crippen molar-refractivity contribution in [2.24, 2.45) is 0 Å². The molecule has 0 unspecified atom stereocenters. The number of para-hydroxylation sites is 1. The van der Waals surface area contributed by atoms with Gasteiger partial charge in [0, 0.05) is 48.8 Å². The van der Waals surface area contributed by atoms with Crippen LogP contribution in [0.5, 0.6) is 0 Å². The van der Waals surface area contributed by atoms with E-state index in [1.807, 2.05) is 36.2 Å². The van der Waals surface area contributed by atoms with Gasteiger partial charge in [-0.1, -0.05) is 36.7 Å². The maximum absolute atomic E-state index is 12.8. The molecule has 6 nitrogen and oxygen atoms in total. The van der Waals surface area contributed by atoms with Gasteiger partial charge in [0.25, 0.3) is 0 Å². The number of anilines is 1. The fraction of sp³-hybridized carbons (Fsp3) is 0.381. The zero-order chi connectivity index (χ0) is 19.7. The van der Waals surface area contributed by atoms with Crippen LogP contribution in [0.15, 0.2) is 30.5 Å². The first-order chi connectivity index (χ1) is 13.6. The van der Waals surface area contributed by atoms with Crippen molar-refractivity contribution in [3.8, 4) is 0 Å². The van der Waals surface area contributed by atoms with Crippen LogP contribution in [0.3, 0.4) is 0 Å². The fourth-order valence-electron chi connectivity index (χ4n) is 3.83. The van der Waals surface area contributed by atoms with Crippen molar-refractivity contribution in [1.29, 1.82) is 0 Å². The number of nitrogens with zero attached hydrogens (tertiary/aromatic N) is 4. The van der Waals surface area contributed by atoms with E-state index in [9.17, 15) is 4.79 Å². The number of H-pyrrole nitrogens is 1. The second kappa shape index (κ2) is 7.80. The molecule has 1 saturated heterocycles. The Hall–Kier alpha value is -2.60. The van der Waals surface area contributed by atoms with Crippen molar-refractivity contribution in [1.82, 2.24) is 19.9 Å². The number of aromatic nitrogens is 3. The minimum absolute atomic E-state index is 0.164. The van der Waals surface area contributed by atoms with Gasteiger partial charge < -0.3 is 14.8 Å². The van der Waals surface area contributed by atoms with Gasteiger partial charge in [-0.3, -0.25) is 4.79 Å². The number of piperazine rings is 1. The van der Waals surface area contributed by atoms with Crippen molar-refractivity contribution in [3.63, 3.8) is 0 Å². The summed E-state index contributed by atoms with van der Waals surface area (Å²) in [6.45, 7) is 6.79. The van der Waals surface area contributed by atoms with E-state index in [2.05, 4.69) is 32.8 Å². The molecule has 7 heteroatoms. The Bertz CT molecular complexity index is 1010. The smallest absolute Gasteiger partial charge is 0.227 e. The molecule has 4 rings (SSSR count). The van der Waals surface area contributed by atoms with Crippen molar-refractivity contribution < 1.29 is 4.79 Å². The van der Waals surface area contributed by atoms with E-state index in [0.29, 0.717) is 30.5 Å². The second-order valence-corrected chi connectivity index (χ2v) is 7.48. The number of aromatic amines is 1. The molecule has 1 fully saturated rings. The predicted molar refractivity (Wildman–Crippen MR) is 112 cm³/mol. The topological polar surface area (TPSA) is 65.1 Å². The molecule has 0 bridgehead atoms. The monoisotopic (exact) mass is 397 g/mol. The molecule has 2 aromatic heterocycles. The number of carbonyl (C=O) groups excluding carboxylic acids is 1. The Morgan fingerprint density at radius 3 is 2.68 bits per heavy atom. The van der Waals surface area contributed by atoms with Crippen molar-refractivity contribution in [2.45, 2.75) is 26.7 Å². The lowest BCUT2D eigenvalue weighted by Gasteiger charge is -2.36. The largest absolute Gasteiger partial charge is 0.361 e. The van der Waals surface area contributed by atoms with Crippen LogP contribution in [0.2, 0.25) is 5.15 Å². The van der Waals surface area contributed by atoms with E-state index in [1.54, 1.807) is 0 Å². The minimum Gasteiger partial charge on any atom is -0.361 e. The Balaban J connectivity index is 1.44. The molecule has 1 aromatic carbocycles. The fourth-order valence-corrected chi connectivity index (χ4v) is 4.17. The molecule has 1 amide bonds. The molecule has 3 aromatic rings. The van der Waals surface area contributed by atoms with E-state index >= 15 is 0 Å². The van der Waals surface area contributed by atoms with Crippen LogP contribution in [0.4, 0.5) is 5.82 Å². The lowest BCUT2D eigenvalue weighted by molar-refractivity contribution is -0.130. The minimum atomic E-state index is 0.164. The van der Waals surface area contributed by atoms with E-state index < -0.39 is 0 Å². The van der Waals surface area contributed by atoms with Crippen molar-refractivity contribution >= 4 is 34.2 Å². The van der Waals surface area contributed by atoms with Gasteiger partial charge in [0.2, 0.25) is 5.91 Å². The maximum atomic E-state index is 12.8. The summed E-state index contributed by atoms with van der Waals surface area (Å²) >= 11 is 6.32. The first-order valence-electron chi connectivity index (χ1n) is 9.67. The van der Waals surface area contributed by atoms with Crippen LogP contribution >= 0.6 is 11.6 Å². The van der Waals surface area contributed by atoms with Gasteiger partial charge in [-0.05, 0) is 25.0 Å². The molecule has 0 radical (unpaired) electrons. The van der Waals surface area contributed by atoms with Crippen molar-refractivity contribution in [2.75, 3.05) is 31.1 Å². The number of carbonyl (C=O) groups is 1. The average molecular weight is 398 g/mol. The quantitative estimate of drug-likeness (QED) is 0.685. The first kappa shape index (κ1) is 18.7. The third-order valence-electron chi connectivity index (χ3n) is 5.35. The number of rotatable bonds is 4. The summed E-state index contributed by atoms with van der Waals surface area (Å²) in [7, 11) is 0. The molecule has 1 aliphatic heterocycles. The summed E-state index contributed by atoms with van der Waals surface area (Å²) < 4.78 is 0. The molecule has 28 heavy (non-hydrogen) atoms. The number of benzene rings is 1. The third kappa shape index (κ3) is 3.56. The molecule has 0 saturated carbocycles. The molecule has 0 spiro atoms. The van der Waals surface area contributed by atoms with Gasteiger partial charge in [-0.25, -0.2) is 9.97 Å². The van der Waals surface area contributed by atoms with Gasteiger partial charge in [0.1, 0.15) is 16.8 Å². The van der Waals surface area contributed by atoms with Crippen LogP contribution in [0.1, 0.15) is 23.9 Å². The van der Waals surface area contributed by atoms with Crippen LogP contribution in [-0.4, -0.2) is 51.9 Å². The summed E-state index contributed by atoms with van der Waals surface area (Å²) in [5.74, 6) is 1.75. The number of hydrogen-bond acceptors (Lipinski definition) is 4. The molecule has 3 heterocycles. The lowest BCUT2D eigenvalue weighted by Crippen LogP contribution is -2.49. The van der Waals surface area contributed by atoms with E-state index in [1.165, 1.54) is 0 Å². The molecular formula is C21H24ClN5O. The van der Waals surface area contributed by atoms with Gasteiger partial charge in [0.15, 0.2) is 0 Å². The summed E-state index contributed by atoms with van der Waals surface area (Å²) in [5, 5.41) is 1.65. The third-order valence-corrected chi connectivity index (χ3v) is 5.66. The average Bonchev–Trinajstić information content (AvgIpc) is 3.10. The normalized spacial score (nSPS) is 14.7. The van der Waals surface area contributed by atoms with Crippen molar-refractivity contribution in [3.05, 3.63) is 52.6 Å². The van der Waals surface area contributed by atoms with Gasteiger partial charge in [-0.15, -0.1) is 0 Å². The summed E-state index contributed by atoms with van der Waals surface area (Å²) in [6, 6.07) is 8.08. The van der Waals surface area contributed by atoms with E-state index in [0.717, 1.165) is 47.4 Å². The van der Waals surface area contributed by atoms with Gasteiger partial charge >= 0.3 is 0 Å². The Labute approximate surface area is 169 Å². The number of fused-ring (bicyclic) bond motifs is 1. The number of hydrogen-bond donors (Lipinski definition) is 1. The summed E-state index contributed by atoms with van der Waals surface area (Å²) in [6.07, 6.45) is 3.15. The molecule has 1 aliphatic rings. The number of aryl methyl sites for hydroxylation is 1. The molecular weight excluding hydrogens is 374 g/mol. The van der Waals surface area contributed by atoms with Gasteiger partial charge in [-0.2, -0.15) is 0 Å². The number of halogens is 1.